The Labute approximate surface area is 352 Å². The minimum Gasteiger partial charge on any atom is -0.466 e. The van der Waals surface area contributed by atoms with Gasteiger partial charge in [0.25, 0.3) is 0 Å². The molecule has 54 heavy (non-hydrogen) atoms. The van der Waals surface area contributed by atoms with E-state index < -0.39 is 0 Å². The number of rotatable bonds is 40. The van der Waals surface area contributed by atoms with Gasteiger partial charge in [0.2, 0.25) is 0 Å². The molecule has 0 N–H and O–H groups in total. The number of ether oxygens (including phenoxy) is 2. The number of hydrogen-bond acceptors (Lipinski definition) is 4. The maximum atomic E-state index is 11.6. The first kappa shape index (κ1) is 55.0. The molecule has 0 radical (unpaired) electrons. The van der Waals surface area contributed by atoms with E-state index in [0.29, 0.717) is 26.1 Å². The molecule has 0 atom stereocenters. The van der Waals surface area contributed by atoms with Gasteiger partial charge >= 0.3 is 11.9 Å². The van der Waals surface area contributed by atoms with Gasteiger partial charge in [0.1, 0.15) is 0 Å². The molecule has 4 nitrogen and oxygen atoms in total. The molecule has 0 amide bonds. The van der Waals surface area contributed by atoms with E-state index in [4.69, 9.17) is 9.47 Å². The highest BCUT2D eigenvalue weighted by Crippen LogP contribution is 2.11. The Hall–Kier alpha value is -1.14. The molecular weight excluding hydrogens is 800 g/mol. The first-order valence-corrected chi connectivity index (χ1v) is 24.9. The van der Waals surface area contributed by atoms with Gasteiger partial charge < -0.3 is 9.47 Å². The second-order valence-electron chi connectivity index (χ2n) is 14.6. The topological polar surface area (TPSA) is 52.6 Å². The van der Waals surface area contributed by atoms with E-state index in [1.54, 1.807) is 0 Å². The van der Waals surface area contributed by atoms with Crippen molar-refractivity contribution in [2.45, 2.75) is 219 Å². The quantitative estimate of drug-likeness (QED) is 0.0266. The lowest BCUT2D eigenvalue weighted by atomic mass is 10.1. The molecule has 0 aromatic carbocycles. The molecule has 0 heterocycles. The molecular formula is C48H86Br2O4. The number of carbonyl (C=O) groups is 2. The number of allylic oxidation sites excluding steroid dienone is 8. The fourth-order valence-electron chi connectivity index (χ4n) is 5.78. The van der Waals surface area contributed by atoms with Crippen LogP contribution in [0.3, 0.4) is 0 Å². The molecule has 0 fully saturated rings. The summed E-state index contributed by atoms with van der Waals surface area (Å²) in [5.74, 6) is -0.0256. The van der Waals surface area contributed by atoms with Gasteiger partial charge in [0.15, 0.2) is 0 Å². The summed E-state index contributed by atoms with van der Waals surface area (Å²) in [6, 6.07) is 0. The average Bonchev–Trinajstić information content (AvgIpc) is 3.17. The van der Waals surface area contributed by atoms with Gasteiger partial charge in [-0.1, -0.05) is 184 Å². The number of alkyl halides is 2. The van der Waals surface area contributed by atoms with Crippen molar-refractivity contribution < 1.29 is 19.1 Å². The van der Waals surface area contributed by atoms with Crippen molar-refractivity contribution in [3.8, 4) is 0 Å². The molecule has 0 saturated carbocycles. The summed E-state index contributed by atoms with van der Waals surface area (Å²) in [6.07, 6.45) is 55.4. The van der Waals surface area contributed by atoms with Gasteiger partial charge in [-0.2, -0.15) is 0 Å². The average molecular weight is 887 g/mol. The molecule has 0 bridgehead atoms. The van der Waals surface area contributed by atoms with E-state index in [0.717, 1.165) is 74.9 Å². The number of unbranched alkanes of at least 4 members (excludes halogenated alkanes) is 22. The monoisotopic (exact) mass is 884 g/mol. The van der Waals surface area contributed by atoms with Crippen LogP contribution in [0.4, 0.5) is 0 Å². The molecule has 0 saturated heterocycles. The summed E-state index contributed by atoms with van der Waals surface area (Å²) in [7, 11) is 0. The third-order valence-corrected chi connectivity index (χ3v) is 10.4. The van der Waals surface area contributed by atoms with Gasteiger partial charge in [-0.05, 0) is 103 Å². The Balaban J connectivity index is 0. The molecule has 316 valence electrons. The van der Waals surface area contributed by atoms with E-state index in [1.807, 2.05) is 0 Å². The molecule has 0 aromatic rings. The zero-order valence-corrected chi connectivity index (χ0v) is 38.6. The predicted octanol–water partition coefficient (Wildman–Crippen LogP) is 16.6. The first-order chi connectivity index (χ1) is 26.6. The SMILES string of the molecule is CCCCC/C=C\C/C=C\CCCCCCCC(=O)OCCCCCCBr.CCCCC/C=C\C/C=C\CCCCCCCC(=O)OCCCCCCBr. The van der Waals surface area contributed by atoms with Crippen LogP contribution in [0.2, 0.25) is 0 Å². The fraction of sp³-hybridized carbons (Fsp3) is 0.792. The Morgan fingerprint density at radius 3 is 1.02 bits per heavy atom. The van der Waals surface area contributed by atoms with Gasteiger partial charge in [-0.3, -0.25) is 9.59 Å². The second-order valence-corrected chi connectivity index (χ2v) is 16.2. The van der Waals surface area contributed by atoms with Gasteiger partial charge in [0.05, 0.1) is 13.2 Å². The van der Waals surface area contributed by atoms with Crippen molar-refractivity contribution in [2.75, 3.05) is 23.9 Å². The van der Waals surface area contributed by atoms with Crippen molar-refractivity contribution >= 4 is 43.8 Å². The van der Waals surface area contributed by atoms with Crippen molar-refractivity contribution in [2.24, 2.45) is 0 Å². The maximum absolute atomic E-state index is 11.6. The summed E-state index contributed by atoms with van der Waals surface area (Å²) < 4.78 is 10.6. The van der Waals surface area contributed by atoms with E-state index >= 15 is 0 Å². The fourth-order valence-corrected chi connectivity index (χ4v) is 6.57. The lowest BCUT2D eigenvalue weighted by Gasteiger charge is -2.04. The van der Waals surface area contributed by atoms with Gasteiger partial charge in [-0.25, -0.2) is 0 Å². The first-order valence-electron chi connectivity index (χ1n) is 22.6. The molecule has 0 aliphatic carbocycles. The highest BCUT2D eigenvalue weighted by Gasteiger charge is 2.03. The summed E-state index contributed by atoms with van der Waals surface area (Å²) in [5.41, 5.74) is 0. The van der Waals surface area contributed by atoms with E-state index in [-0.39, 0.29) is 11.9 Å². The van der Waals surface area contributed by atoms with Crippen LogP contribution in [0.25, 0.3) is 0 Å². The predicted molar refractivity (Wildman–Crippen MR) is 245 cm³/mol. The van der Waals surface area contributed by atoms with Crippen LogP contribution in [0, 0.1) is 0 Å². The Morgan fingerprint density at radius 2 is 0.667 bits per heavy atom. The van der Waals surface area contributed by atoms with Gasteiger partial charge in [0, 0.05) is 23.5 Å². The summed E-state index contributed by atoms with van der Waals surface area (Å²) >= 11 is 6.85. The molecule has 0 aliphatic rings. The Kier molecular flexibility index (Phi) is 52.8. The standard InChI is InChI=1S/2C24H43BrO2/c2*1-2-3-4-5-6-7-8-9-10-11-12-13-14-15-18-21-24(26)27-23-20-17-16-19-22-25/h2*6-7,9-10H,2-5,8,11-23H2,1H3/b2*7-6-,10-9-. The van der Waals surface area contributed by atoms with E-state index in [9.17, 15) is 9.59 Å². The molecule has 0 unspecified atom stereocenters. The normalized spacial score (nSPS) is 11.6. The number of carbonyl (C=O) groups excluding carboxylic acids is 2. The number of halogens is 2. The van der Waals surface area contributed by atoms with Crippen LogP contribution in [-0.4, -0.2) is 35.8 Å². The van der Waals surface area contributed by atoms with Crippen molar-refractivity contribution in [1.82, 2.24) is 0 Å². The zero-order chi connectivity index (χ0) is 39.7. The van der Waals surface area contributed by atoms with Crippen LogP contribution in [0.1, 0.15) is 219 Å². The van der Waals surface area contributed by atoms with E-state index in [1.165, 1.54) is 128 Å². The lowest BCUT2D eigenvalue weighted by Crippen LogP contribution is -2.05. The molecule has 6 heteroatoms. The smallest absolute Gasteiger partial charge is 0.305 e. The summed E-state index contributed by atoms with van der Waals surface area (Å²) in [6.45, 7) is 5.69. The van der Waals surface area contributed by atoms with Crippen molar-refractivity contribution in [1.29, 1.82) is 0 Å². The van der Waals surface area contributed by atoms with Crippen molar-refractivity contribution in [3.63, 3.8) is 0 Å². The second kappa shape index (κ2) is 51.9. The highest BCUT2D eigenvalue weighted by atomic mass is 79.9. The van der Waals surface area contributed by atoms with Crippen LogP contribution in [-0.2, 0) is 19.1 Å². The van der Waals surface area contributed by atoms with Crippen LogP contribution < -0.4 is 0 Å². The van der Waals surface area contributed by atoms with E-state index in [2.05, 4.69) is 94.3 Å². The third-order valence-electron chi connectivity index (χ3n) is 9.25. The van der Waals surface area contributed by atoms with Crippen molar-refractivity contribution in [3.05, 3.63) is 48.6 Å². The molecule has 0 aliphatic heterocycles. The maximum Gasteiger partial charge on any atom is 0.305 e. The number of hydrogen-bond donors (Lipinski definition) is 0. The largest absolute Gasteiger partial charge is 0.466 e. The van der Waals surface area contributed by atoms with Gasteiger partial charge in [-0.15, -0.1) is 0 Å². The minimum absolute atomic E-state index is 0.0128. The molecule has 0 rings (SSSR count). The third kappa shape index (κ3) is 53.0. The summed E-state index contributed by atoms with van der Waals surface area (Å²) in [4.78, 5) is 23.2. The highest BCUT2D eigenvalue weighted by molar-refractivity contribution is 9.09. The minimum atomic E-state index is -0.0128. The Bertz CT molecular complexity index is 797. The van der Waals surface area contributed by atoms with Crippen LogP contribution in [0.5, 0.6) is 0 Å². The van der Waals surface area contributed by atoms with Crippen LogP contribution >= 0.6 is 31.9 Å². The molecule has 0 spiro atoms. The number of esters is 2. The van der Waals surface area contributed by atoms with Crippen LogP contribution in [0.15, 0.2) is 48.6 Å². The lowest BCUT2D eigenvalue weighted by molar-refractivity contribution is -0.144. The zero-order valence-electron chi connectivity index (χ0n) is 35.5. The Morgan fingerprint density at radius 1 is 0.370 bits per heavy atom. The summed E-state index contributed by atoms with van der Waals surface area (Å²) in [5, 5.41) is 2.14. The molecule has 0 aromatic heterocycles.